The van der Waals surface area contributed by atoms with Gasteiger partial charge in [0.05, 0.1) is 12.2 Å². The van der Waals surface area contributed by atoms with Gasteiger partial charge in [-0.2, -0.15) is 0 Å². The Balaban J connectivity index is 1.91. The molecule has 0 aromatic heterocycles. The maximum Gasteiger partial charge on any atom is 0.254 e. The highest BCUT2D eigenvalue weighted by molar-refractivity contribution is 5.94. The van der Waals surface area contributed by atoms with Crippen molar-refractivity contribution in [2.24, 2.45) is 0 Å². The normalized spacial score (nSPS) is 10.4. The van der Waals surface area contributed by atoms with Gasteiger partial charge < -0.3 is 15.3 Å². The summed E-state index contributed by atoms with van der Waals surface area (Å²) in [6.45, 7) is 0.436. The number of hydrogen-bond acceptors (Lipinski definition) is 3. The van der Waals surface area contributed by atoms with Gasteiger partial charge in [-0.3, -0.25) is 4.79 Å². The van der Waals surface area contributed by atoms with Gasteiger partial charge in [0.1, 0.15) is 5.82 Å². The first-order valence-corrected chi connectivity index (χ1v) is 7.45. The van der Waals surface area contributed by atoms with E-state index in [0.717, 1.165) is 11.1 Å². The first-order valence-electron chi connectivity index (χ1n) is 7.45. The number of nitrogens with one attached hydrogen (secondary N) is 1. The summed E-state index contributed by atoms with van der Waals surface area (Å²) in [5.74, 6) is -0.944. The summed E-state index contributed by atoms with van der Waals surface area (Å²) in [4.78, 5) is 13.8. The third kappa shape index (κ3) is 4.53. The molecule has 0 radical (unpaired) electrons. The van der Waals surface area contributed by atoms with Crippen molar-refractivity contribution in [2.75, 3.05) is 25.5 Å². The zero-order valence-corrected chi connectivity index (χ0v) is 13.3. The molecule has 0 aliphatic heterocycles. The number of carbonyl (C=O) groups excluding carboxylic acids is 1. The van der Waals surface area contributed by atoms with Crippen LogP contribution in [0.3, 0.4) is 0 Å². The summed E-state index contributed by atoms with van der Waals surface area (Å²) in [5.41, 5.74) is 2.65. The van der Waals surface area contributed by atoms with E-state index in [1.165, 1.54) is 12.1 Å². The van der Waals surface area contributed by atoms with Gasteiger partial charge in [0, 0.05) is 26.3 Å². The Hall–Kier alpha value is -2.40. The average Bonchev–Trinajstić information content (AvgIpc) is 2.55. The lowest BCUT2D eigenvalue weighted by atomic mass is 10.1. The van der Waals surface area contributed by atoms with E-state index in [4.69, 9.17) is 5.11 Å². The number of hydrogen-bond donors (Lipinski definition) is 2. The number of rotatable bonds is 6. The number of amides is 1. The molecule has 0 aliphatic rings. The Bertz CT molecular complexity index is 669. The number of anilines is 1. The number of aliphatic hydroxyl groups is 1. The molecule has 2 rings (SSSR count). The highest BCUT2D eigenvalue weighted by Crippen LogP contribution is 2.16. The van der Waals surface area contributed by atoms with E-state index in [2.05, 4.69) is 5.32 Å². The lowest BCUT2D eigenvalue weighted by Gasteiger charge is -2.13. The Labute approximate surface area is 135 Å². The van der Waals surface area contributed by atoms with Crippen LogP contribution in [0.4, 0.5) is 10.1 Å². The predicted octanol–water partition coefficient (Wildman–Crippen LogP) is 2.36. The lowest BCUT2D eigenvalue weighted by Crippen LogP contribution is -2.26. The van der Waals surface area contributed by atoms with Crippen molar-refractivity contribution in [1.29, 1.82) is 0 Å². The van der Waals surface area contributed by atoms with Crippen LogP contribution in [0.2, 0.25) is 0 Å². The van der Waals surface area contributed by atoms with Gasteiger partial charge in [-0.05, 0) is 35.7 Å². The van der Waals surface area contributed by atoms with E-state index >= 15 is 0 Å². The maximum absolute atomic E-state index is 14.0. The van der Waals surface area contributed by atoms with Crippen molar-refractivity contribution in [1.82, 2.24) is 5.32 Å². The van der Waals surface area contributed by atoms with Crippen LogP contribution in [-0.4, -0.2) is 31.7 Å². The summed E-state index contributed by atoms with van der Waals surface area (Å²) in [5, 5.41) is 11.7. The number of carbonyl (C=O) groups is 1. The van der Waals surface area contributed by atoms with Crippen LogP contribution in [-0.2, 0) is 13.0 Å². The van der Waals surface area contributed by atoms with Crippen molar-refractivity contribution in [3.63, 3.8) is 0 Å². The fourth-order valence-electron chi connectivity index (χ4n) is 2.19. The monoisotopic (exact) mass is 316 g/mol. The first kappa shape index (κ1) is 17.0. The molecule has 0 unspecified atom stereocenters. The smallest absolute Gasteiger partial charge is 0.254 e. The fraction of sp³-hybridized carbons (Fsp3) is 0.278. The quantitative estimate of drug-likeness (QED) is 0.860. The van der Waals surface area contributed by atoms with Crippen LogP contribution in [0, 0.1) is 5.82 Å². The highest BCUT2D eigenvalue weighted by Gasteiger charge is 2.12. The Kier molecular flexibility index (Phi) is 5.71. The van der Waals surface area contributed by atoms with Crippen molar-refractivity contribution in [2.45, 2.75) is 13.0 Å². The molecule has 0 atom stereocenters. The van der Waals surface area contributed by atoms with E-state index in [-0.39, 0.29) is 12.2 Å². The zero-order chi connectivity index (χ0) is 16.8. The van der Waals surface area contributed by atoms with Crippen LogP contribution in [0.25, 0.3) is 0 Å². The first-order chi connectivity index (χ1) is 11.0. The molecule has 4 nitrogen and oxygen atoms in total. The summed E-state index contributed by atoms with van der Waals surface area (Å²) in [6.07, 6.45) is 0.648. The van der Waals surface area contributed by atoms with Crippen molar-refractivity contribution in [3.05, 3.63) is 65.0 Å². The molecule has 2 N–H and O–H groups in total. The molecule has 2 aromatic rings. The third-order valence-electron chi connectivity index (χ3n) is 3.62. The molecule has 0 aliphatic carbocycles. The van der Waals surface area contributed by atoms with Crippen LogP contribution < -0.4 is 10.2 Å². The van der Waals surface area contributed by atoms with Crippen molar-refractivity contribution >= 4 is 11.6 Å². The lowest BCUT2D eigenvalue weighted by molar-refractivity contribution is 0.0950. The third-order valence-corrected chi connectivity index (χ3v) is 3.62. The largest absolute Gasteiger partial charge is 0.392 e. The summed E-state index contributed by atoms with van der Waals surface area (Å²) in [6, 6.07) is 12.1. The minimum atomic E-state index is -0.527. The summed E-state index contributed by atoms with van der Waals surface area (Å²) < 4.78 is 14.0. The van der Waals surface area contributed by atoms with Crippen LogP contribution in [0.5, 0.6) is 0 Å². The topological polar surface area (TPSA) is 52.6 Å². The van der Waals surface area contributed by atoms with E-state index in [0.29, 0.717) is 18.7 Å². The van der Waals surface area contributed by atoms with Gasteiger partial charge >= 0.3 is 0 Å². The molecule has 122 valence electrons. The minimum absolute atomic E-state index is 0.0131. The Morgan fingerprint density at radius 3 is 2.35 bits per heavy atom. The molecule has 0 fully saturated rings. The van der Waals surface area contributed by atoms with E-state index < -0.39 is 11.7 Å². The summed E-state index contributed by atoms with van der Waals surface area (Å²) >= 11 is 0. The van der Waals surface area contributed by atoms with Crippen LogP contribution in [0.1, 0.15) is 21.5 Å². The molecule has 2 aromatic carbocycles. The number of halogens is 1. The van der Waals surface area contributed by atoms with Gasteiger partial charge in [-0.15, -0.1) is 0 Å². The van der Waals surface area contributed by atoms with E-state index in [9.17, 15) is 9.18 Å². The summed E-state index contributed by atoms with van der Waals surface area (Å²) in [7, 11) is 3.63. The average molecular weight is 316 g/mol. The molecule has 5 heteroatoms. The molecule has 0 saturated carbocycles. The number of nitrogens with zero attached hydrogens (tertiary/aromatic N) is 1. The van der Waals surface area contributed by atoms with Crippen LogP contribution in [0.15, 0.2) is 42.5 Å². The predicted molar refractivity (Wildman–Crippen MR) is 89.1 cm³/mol. The molecular formula is C18H21FN2O2. The van der Waals surface area contributed by atoms with E-state index in [1.54, 1.807) is 11.0 Å². The molecule has 23 heavy (non-hydrogen) atoms. The van der Waals surface area contributed by atoms with Gasteiger partial charge in [0.25, 0.3) is 5.91 Å². The molecule has 1 amide bonds. The van der Waals surface area contributed by atoms with Gasteiger partial charge in [0.2, 0.25) is 0 Å². The van der Waals surface area contributed by atoms with E-state index in [1.807, 2.05) is 38.4 Å². The second kappa shape index (κ2) is 7.74. The van der Waals surface area contributed by atoms with Crippen molar-refractivity contribution in [3.8, 4) is 0 Å². The molecule has 0 spiro atoms. The minimum Gasteiger partial charge on any atom is -0.392 e. The molecule has 0 bridgehead atoms. The van der Waals surface area contributed by atoms with Gasteiger partial charge in [0.15, 0.2) is 0 Å². The van der Waals surface area contributed by atoms with Gasteiger partial charge in [-0.25, -0.2) is 4.39 Å². The Morgan fingerprint density at radius 1 is 1.13 bits per heavy atom. The second-order valence-corrected chi connectivity index (χ2v) is 5.54. The maximum atomic E-state index is 14.0. The number of aliphatic hydroxyl groups excluding tert-OH is 1. The molecular weight excluding hydrogens is 295 g/mol. The van der Waals surface area contributed by atoms with Crippen molar-refractivity contribution < 1.29 is 14.3 Å². The zero-order valence-electron chi connectivity index (χ0n) is 13.3. The SMILES string of the molecule is CN(C)c1ccc(C(=O)NCCc2ccc(CO)cc2)c(F)c1. The fourth-order valence-corrected chi connectivity index (χ4v) is 2.19. The van der Waals surface area contributed by atoms with Gasteiger partial charge in [-0.1, -0.05) is 24.3 Å². The highest BCUT2D eigenvalue weighted by atomic mass is 19.1. The molecule has 0 saturated heterocycles. The second-order valence-electron chi connectivity index (χ2n) is 5.54. The molecule has 0 heterocycles. The Morgan fingerprint density at radius 2 is 1.78 bits per heavy atom. The standard InChI is InChI=1S/C18H21FN2O2/c1-21(2)15-7-8-16(17(19)11-15)18(23)20-10-9-13-3-5-14(12-22)6-4-13/h3-8,11,22H,9-10,12H2,1-2H3,(H,20,23). The number of benzene rings is 2. The van der Waals surface area contributed by atoms with Crippen LogP contribution >= 0.6 is 0 Å².